The van der Waals surface area contributed by atoms with Gasteiger partial charge in [0.05, 0.1) is 5.52 Å². The second kappa shape index (κ2) is 2.54. The van der Waals surface area contributed by atoms with E-state index in [0.29, 0.717) is 11.2 Å². The lowest BCUT2D eigenvalue weighted by Crippen LogP contribution is -2.24. The van der Waals surface area contributed by atoms with Crippen molar-refractivity contribution in [3.63, 3.8) is 0 Å². The molecule has 0 radical (unpaired) electrons. The van der Waals surface area contributed by atoms with E-state index in [1.807, 2.05) is 0 Å². The van der Waals surface area contributed by atoms with Crippen molar-refractivity contribution in [2.75, 3.05) is 0 Å². The normalized spacial score (nSPS) is 10.5. The summed E-state index contributed by atoms with van der Waals surface area (Å²) in [6.45, 7) is 0. The lowest BCUT2D eigenvalue weighted by atomic mass is 10.1. The predicted octanol–water partition coefficient (Wildman–Crippen LogP) is -1.36. The third-order valence-corrected chi connectivity index (χ3v) is 1.47. The molecule has 2 aromatic rings. The van der Waals surface area contributed by atoms with Crippen LogP contribution < -0.4 is 0 Å². The van der Waals surface area contributed by atoms with Crippen LogP contribution in [0.4, 0.5) is 0 Å². The zero-order chi connectivity index (χ0) is 8.55. The number of rotatable bonds is 1. The summed E-state index contributed by atoms with van der Waals surface area (Å²) in [6, 6.07) is 3.33. The SMILES string of the molecule is OB(O)n1nnc2ncccc21. The van der Waals surface area contributed by atoms with Gasteiger partial charge in [0.15, 0.2) is 0 Å². The van der Waals surface area contributed by atoms with Gasteiger partial charge in [-0.25, -0.2) is 9.58 Å². The Morgan fingerprint density at radius 1 is 1.42 bits per heavy atom. The average Bonchev–Trinajstić information content (AvgIpc) is 2.47. The highest BCUT2D eigenvalue weighted by Gasteiger charge is 2.16. The average molecular weight is 164 g/mol. The highest BCUT2D eigenvalue weighted by atomic mass is 16.4. The van der Waals surface area contributed by atoms with E-state index in [2.05, 4.69) is 15.3 Å². The molecule has 0 aromatic carbocycles. The molecule has 0 saturated carbocycles. The molecular weight excluding hydrogens is 159 g/mol. The molecular formula is C5H5BN4O2. The van der Waals surface area contributed by atoms with Crippen molar-refractivity contribution in [2.24, 2.45) is 0 Å². The Labute approximate surface area is 67.6 Å². The molecule has 0 aliphatic heterocycles. The highest BCUT2D eigenvalue weighted by molar-refractivity contribution is 6.40. The van der Waals surface area contributed by atoms with Crippen molar-refractivity contribution < 1.29 is 10.0 Å². The van der Waals surface area contributed by atoms with Gasteiger partial charge in [-0.2, -0.15) is 0 Å². The van der Waals surface area contributed by atoms with E-state index < -0.39 is 7.25 Å². The first-order valence-electron chi connectivity index (χ1n) is 3.31. The van der Waals surface area contributed by atoms with Gasteiger partial charge in [-0.05, 0) is 12.1 Å². The van der Waals surface area contributed by atoms with Crippen LogP contribution in [0, 0.1) is 0 Å². The topological polar surface area (TPSA) is 84.1 Å². The predicted molar refractivity (Wildman–Crippen MR) is 40.9 cm³/mol. The Hall–Kier alpha value is -1.47. The quantitative estimate of drug-likeness (QED) is 0.508. The molecule has 6 nitrogen and oxygen atoms in total. The summed E-state index contributed by atoms with van der Waals surface area (Å²) in [4.78, 5) is 3.87. The van der Waals surface area contributed by atoms with Crippen molar-refractivity contribution in [1.29, 1.82) is 0 Å². The van der Waals surface area contributed by atoms with Gasteiger partial charge in [-0.1, -0.05) is 5.21 Å². The summed E-state index contributed by atoms with van der Waals surface area (Å²) in [5.74, 6) is 0. The molecule has 0 unspecified atom stereocenters. The third-order valence-electron chi connectivity index (χ3n) is 1.47. The van der Waals surface area contributed by atoms with E-state index in [0.717, 1.165) is 4.59 Å². The van der Waals surface area contributed by atoms with Gasteiger partial charge in [-0.15, -0.1) is 5.10 Å². The summed E-state index contributed by atoms with van der Waals surface area (Å²) in [7, 11) is -1.67. The van der Waals surface area contributed by atoms with Gasteiger partial charge in [-0.3, -0.25) is 0 Å². The smallest absolute Gasteiger partial charge is 0.406 e. The maximum atomic E-state index is 8.80. The summed E-state index contributed by atoms with van der Waals surface area (Å²) in [6.07, 6.45) is 1.56. The number of fused-ring (bicyclic) bond motifs is 1. The maximum absolute atomic E-state index is 8.80. The van der Waals surface area contributed by atoms with Gasteiger partial charge in [0.2, 0.25) is 5.65 Å². The summed E-state index contributed by atoms with van der Waals surface area (Å²) < 4.78 is 0.975. The first-order chi connectivity index (χ1) is 5.79. The van der Waals surface area contributed by atoms with Crippen molar-refractivity contribution in [3.05, 3.63) is 18.3 Å². The van der Waals surface area contributed by atoms with Crippen LogP contribution in [0.3, 0.4) is 0 Å². The zero-order valence-electron chi connectivity index (χ0n) is 5.99. The molecule has 12 heavy (non-hydrogen) atoms. The molecule has 2 heterocycles. The Balaban J connectivity index is 2.70. The van der Waals surface area contributed by atoms with Crippen molar-refractivity contribution in [1.82, 2.24) is 19.9 Å². The Bertz CT molecular complexity index is 401. The third kappa shape index (κ3) is 0.954. The molecule has 0 fully saturated rings. The number of hydrogen-bond acceptors (Lipinski definition) is 5. The number of nitrogens with zero attached hydrogens (tertiary/aromatic N) is 4. The monoisotopic (exact) mass is 164 g/mol. The lowest BCUT2D eigenvalue weighted by Gasteiger charge is -1.95. The molecule has 60 valence electrons. The number of pyridine rings is 1. The summed E-state index contributed by atoms with van der Waals surface area (Å²) >= 11 is 0. The molecule has 0 aliphatic carbocycles. The van der Waals surface area contributed by atoms with E-state index in [9.17, 15) is 0 Å². The fourth-order valence-electron chi connectivity index (χ4n) is 0.954. The fourth-order valence-corrected chi connectivity index (χ4v) is 0.954. The molecule has 2 aromatic heterocycles. The van der Waals surface area contributed by atoms with Crippen LogP contribution in [0.1, 0.15) is 0 Å². The van der Waals surface area contributed by atoms with Gasteiger partial charge in [0.25, 0.3) is 0 Å². The van der Waals surface area contributed by atoms with E-state index in [1.165, 1.54) is 0 Å². The van der Waals surface area contributed by atoms with Crippen LogP contribution in [0.2, 0.25) is 0 Å². The first kappa shape index (κ1) is 7.20. The van der Waals surface area contributed by atoms with Gasteiger partial charge < -0.3 is 10.0 Å². The first-order valence-corrected chi connectivity index (χ1v) is 3.31. The summed E-state index contributed by atoms with van der Waals surface area (Å²) in [5.41, 5.74) is 0.887. The standard InChI is InChI=1S/C5H5BN4O2/c11-6(12)10-4-2-1-3-7-5(4)8-9-10/h1-3,11-12H. The van der Waals surface area contributed by atoms with Crippen LogP contribution in [-0.2, 0) is 0 Å². The van der Waals surface area contributed by atoms with Crippen LogP contribution >= 0.6 is 0 Å². The number of hydrogen-bond donors (Lipinski definition) is 2. The van der Waals surface area contributed by atoms with Crippen LogP contribution in [0.5, 0.6) is 0 Å². The van der Waals surface area contributed by atoms with Crippen LogP contribution in [0.15, 0.2) is 18.3 Å². The Kier molecular flexibility index (Phi) is 1.52. The molecule has 2 N–H and O–H groups in total. The highest BCUT2D eigenvalue weighted by Crippen LogP contribution is 2.05. The second-order valence-corrected chi connectivity index (χ2v) is 2.23. The largest absolute Gasteiger partial charge is 0.611 e. The molecule has 0 aliphatic rings. The summed E-state index contributed by atoms with van der Waals surface area (Å²) in [5, 5.41) is 24.7. The van der Waals surface area contributed by atoms with E-state index in [4.69, 9.17) is 10.0 Å². The van der Waals surface area contributed by atoms with Gasteiger partial charge >= 0.3 is 7.25 Å². The van der Waals surface area contributed by atoms with E-state index in [-0.39, 0.29) is 0 Å². The molecule has 7 heteroatoms. The minimum atomic E-state index is -1.67. The second-order valence-electron chi connectivity index (χ2n) is 2.23. The maximum Gasteiger partial charge on any atom is 0.611 e. The minimum absolute atomic E-state index is 0.394. The molecule has 0 saturated heterocycles. The van der Waals surface area contributed by atoms with Crippen molar-refractivity contribution in [2.45, 2.75) is 0 Å². The molecule has 0 amide bonds. The molecule has 0 bridgehead atoms. The fraction of sp³-hybridized carbons (Fsp3) is 0. The van der Waals surface area contributed by atoms with E-state index in [1.54, 1.807) is 18.3 Å². The van der Waals surface area contributed by atoms with Gasteiger partial charge in [0.1, 0.15) is 0 Å². The van der Waals surface area contributed by atoms with Crippen molar-refractivity contribution >= 4 is 18.4 Å². The van der Waals surface area contributed by atoms with E-state index >= 15 is 0 Å². The Morgan fingerprint density at radius 3 is 3.00 bits per heavy atom. The number of aromatic nitrogens is 4. The molecule has 2 rings (SSSR count). The van der Waals surface area contributed by atoms with Crippen LogP contribution in [-0.4, -0.2) is 37.2 Å². The molecule has 0 atom stereocenters. The zero-order valence-corrected chi connectivity index (χ0v) is 5.99. The van der Waals surface area contributed by atoms with Crippen molar-refractivity contribution in [3.8, 4) is 0 Å². The van der Waals surface area contributed by atoms with Crippen LogP contribution in [0.25, 0.3) is 11.2 Å². The lowest BCUT2D eigenvalue weighted by molar-refractivity contribution is 0.383. The minimum Gasteiger partial charge on any atom is -0.406 e. The molecule has 0 spiro atoms. The Morgan fingerprint density at radius 2 is 2.25 bits per heavy atom. The van der Waals surface area contributed by atoms with Gasteiger partial charge in [0, 0.05) is 6.20 Å².